The third kappa shape index (κ3) is 2.82. The molecule has 0 saturated heterocycles. The Balaban J connectivity index is 2.12. The fraction of sp³-hybridized carbons (Fsp3) is 0.133. The van der Waals surface area contributed by atoms with Crippen molar-refractivity contribution < 1.29 is 26.1 Å². The lowest BCUT2D eigenvalue weighted by molar-refractivity contribution is -0.137. The predicted molar refractivity (Wildman–Crippen MR) is 81.2 cm³/mol. The van der Waals surface area contributed by atoms with Crippen LogP contribution >= 0.6 is 0 Å². The van der Waals surface area contributed by atoms with Crippen LogP contribution in [0.2, 0.25) is 0 Å². The van der Waals surface area contributed by atoms with Crippen LogP contribution in [0.15, 0.2) is 51.8 Å². The van der Waals surface area contributed by atoms with Crippen LogP contribution in [0.4, 0.5) is 13.2 Å². The second-order valence-corrected chi connectivity index (χ2v) is 6.97. The molecule has 1 aromatic heterocycles. The standard InChI is InChI=1S/C15H10F3NO4S/c1-24(21,22)19-13-7-4-10(8-12(13)14(20)23-19)9-2-5-11(6-3-9)15(16,17)18/h2-8H,1H3. The van der Waals surface area contributed by atoms with Crippen molar-refractivity contribution >= 4 is 20.9 Å². The van der Waals surface area contributed by atoms with Crippen LogP contribution in [0, 0.1) is 0 Å². The van der Waals surface area contributed by atoms with Gasteiger partial charge in [0.2, 0.25) is 0 Å². The lowest BCUT2D eigenvalue weighted by Crippen LogP contribution is -2.09. The molecule has 0 aliphatic carbocycles. The maximum absolute atomic E-state index is 12.6. The van der Waals surface area contributed by atoms with E-state index in [2.05, 4.69) is 0 Å². The lowest BCUT2D eigenvalue weighted by atomic mass is 10.0. The van der Waals surface area contributed by atoms with Crippen LogP contribution in [0.25, 0.3) is 22.0 Å². The third-order valence-electron chi connectivity index (χ3n) is 3.43. The van der Waals surface area contributed by atoms with E-state index < -0.39 is 27.4 Å². The minimum atomic E-state index is -4.43. The molecular weight excluding hydrogens is 347 g/mol. The van der Waals surface area contributed by atoms with E-state index in [4.69, 9.17) is 4.52 Å². The first-order chi connectivity index (χ1) is 11.1. The number of fused-ring (bicyclic) bond motifs is 1. The van der Waals surface area contributed by atoms with Crippen molar-refractivity contribution in [3.8, 4) is 11.1 Å². The number of rotatable bonds is 2. The summed E-state index contributed by atoms with van der Waals surface area (Å²) < 4.78 is 66.1. The molecule has 2 aromatic carbocycles. The first kappa shape index (κ1) is 16.3. The van der Waals surface area contributed by atoms with Gasteiger partial charge in [-0.2, -0.15) is 13.2 Å². The first-order valence-corrected chi connectivity index (χ1v) is 8.46. The SMILES string of the molecule is CS(=O)(=O)n1oc(=O)c2cc(-c3ccc(C(F)(F)F)cc3)ccc21. The molecule has 3 rings (SSSR count). The van der Waals surface area contributed by atoms with Gasteiger partial charge in [0.25, 0.3) is 10.0 Å². The average Bonchev–Trinajstić information content (AvgIpc) is 2.83. The lowest BCUT2D eigenvalue weighted by Gasteiger charge is -2.08. The zero-order chi connectivity index (χ0) is 17.7. The molecular formula is C15H10F3NO4S. The number of nitrogens with zero attached hydrogens (tertiary/aromatic N) is 1. The van der Waals surface area contributed by atoms with Crippen LogP contribution in [-0.4, -0.2) is 18.8 Å². The van der Waals surface area contributed by atoms with Gasteiger partial charge in [0.1, 0.15) is 5.52 Å². The van der Waals surface area contributed by atoms with E-state index in [0.717, 1.165) is 18.4 Å². The van der Waals surface area contributed by atoms with Gasteiger partial charge in [0.15, 0.2) is 0 Å². The van der Waals surface area contributed by atoms with Crippen LogP contribution < -0.4 is 5.63 Å². The van der Waals surface area contributed by atoms with Gasteiger partial charge in [-0.1, -0.05) is 22.3 Å². The van der Waals surface area contributed by atoms with E-state index in [1.807, 2.05) is 0 Å². The summed E-state index contributed by atoms with van der Waals surface area (Å²) in [5.41, 5.74) is -0.636. The Kier molecular flexibility index (Phi) is 3.56. The molecule has 0 bridgehead atoms. The molecule has 0 unspecified atom stereocenters. The molecule has 0 N–H and O–H groups in total. The molecule has 126 valence electrons. The predicted octanol–water partition coefficient (Wildman–Crippen LogP) is 3.09. The summed E-state index contributed by atoms with van der Waals surface area (Å²) in [4.78, 5) is 11.8. The average molecular weight is 357 g/mol. The van der Waals surface area contributed by atoms with Gasteiger partial charge < -0.3 is 4.52 Å². The maximum atomic E-state index is 12.6. The highest BCUT2D eigenvalue weighted by Gasteiger charge is 2.30. The highest BCUT2D eigenvalue weighted by Crippen LogP contribution is 2.31. The highest BCUT2D eigenvalue weighted by atomic mass is 32.2. The quantitative estimate of drug-likeness (QED) is 0.707. The van der Waals surface area contributed by atoms with Gasteiger partial charge in [-0.05, 0) is 35.4 Å². The molecule has 24 heavy (non-hydrogen) atoms. The topological polar surface area (TPSA) is 69.3 Å². The Bertz CT molecular complexity index is 1080. The van der Waals surface area contributed by atoms with Gasteiger partial charge in [0.05, 0.1) is 17.2 Å². The molecule has 1 heterocycles. The van der Waals surface area contributed by atoms with Gasteiger partial charge in [-0.15, -0.1) is 0 Å². The number of halogens is 3. The molecule has 9 heteroatoms. The smallest absolute Gasteiger partial charge is 0.320 e. The Hall–Kier alpha value is -2.55. The minimum Gasteiger partial charge on any atom is -0.320 e. The van der Waals surface area contributed by atoms with Crippen molar-refractivity contribution in [1.82, 2.24) is 4.15 Å². The Morgan fingerprint density at radius 1 is 1.00 bits per heavy atom. The van der Waals surface area contributed by atoms with E-state index in [1.54, 1.807) is 0 Å². The highest BCUT2D eigenvalue weighted by molar-refractivity contribution is 7.89. The van der Waals surface area contributed by atoms with Crippen molar-refractivity contribution in [2.75, 3.05) is 6.26 Å². The van der Waals surface area contributed by atoms with Crippen LogP contribution in [0.1, 0.15) is 5.56 Å². The van der Waals surface area contributed by atoms with Crippen molar-refractivity contribution in [1.29, 1.82) is 0 Å². The molecule has 0 radical (unpaired) electrons. The normalized spacial score (nSPS) is 12.7. The van der Waals surface area contributed by atoms with Gasteiger partial charge >= 0.3 is 11.8 Å². The summed E-state index contributed by atoms with van der Waals surface area (Å²) in [6.07, 6.45) is -3.55. The Morgan fingerprint density at radius 2 is 1.58 bits per heavy atom. The fourth-order valence-electron chi connectivity index (χ4n) is 2.31. The zero-order valence-corrected chi connectivity index (χ0v) is 13.0. The van der Waals surface area contributed by atoms with Crippen molar-refractivity contribution in [2.45, 2.75) is 6.18 Å². The van der Waals surface area contributed by atoms with Gasteiger partial charge in [-0.25, -0.2) is 13.2 Å². The second kappa shape index (κ2) is 5.23. The van der Waals surface area contributed by atoms with Gasteiger partial charge in [-0.3, -0.25) is 0 Å². The van der Waals surface area contributed by atoms with Crippen molar-refractivity contribution in [2.24, 2.45) is 0 Å². The van der Waals surface area contributed by atoms with E-state index in [0.29, 0.717) is 15.3 Å². The minimum absolute atomic E-state index is 0.0258. The molecule has 0 amide bonds. The number of aromatic nitrogens is 1. The Labute approximate surface area is 133 Å². The molecule has 0 atom stereocenters. The third-order valence-corrected chi connectivity index (χ3v) is 4.30. The molecule has 0 fully saturated rings. The van der Waals surface area contributed by atoms with Crippen LogP contribution in [0.3, 0.4) is 0 Å². The molecule has 0 aliphatic heterocycles. The number of benzene rings is 2. The van der Waals surface area contributed by atoms with Gasteiger partial charge in [0, 0.05) is 0 Å². The Morgan fingerprint density at radius 3 is 2.12 bits per heavy atom. The molecule has 5 nitrogen and oxygen atoms in total. The summed E-state index contributed by atoms with van der Waals surface area (Å²) in [7, 11) is -3.78. The summed E-state index contributed by atoms with van der Waals surface area (Å²) in [6.45, 7) is 0. The maximum Gasteiger partial charge on any atom is 0.416 e. The van der Waals surface area contributed by atoms with Crippen molar-refractivity contribution in [3.63, 3.8) is 0 Å². The van der Waals surface area contributed by atoms with E-state index in [9.17, 15) is 26.4 Å². The first-order valence-electron chi connectivity index (χ1n) is 6.61. The summed E-state index contributed by atoms with van der Waals surface area (Å²) in [5.74, 6) is 0. The van der Waals surface area contributed by atoms with E-state index >= 15 is 0 Å². The number of alkyl halides is 3. The number of hydrogen-bond acceptors (Lipinski definition) is 4. The zero-order valence-electron chi connectivity index (χ0n) is 12.2. The van der Waals surface area contributed by atoms with Crippen molar-refractivity contribution in [3.05, 3.63) is 58.4 Å². The number of hydrogen-bond donors (Lipinski definition) is 0. The van der Waals surface area contributed by atoms with E-state index in [-0.39, 0.29) is 10.9 Å². The monoisotopic (exact) mass is 357 g/mol. The molecule has 3 aromatic rings. The summed E-state index contributed by atoms with van der Waals surface area (Å²) >= 11 is 0. The molecule has 0 saturated carbocycles. The summed E-state index contributed by atoms with van der Waals surface area (Å²) in [5, 5.41) is 0.0258. The van der Waals surface area contributed by atoms with Crippen LogP contribution in [-0.2, 0) is 16.2 Å². The largest absolute Gasteiger partial charge is 0.416 e. The molecule has 0 spiro atoms. The van der Waals surface area contributed by atoms with E-state index in [1.165, 1.54) is 30.3 Å². The van der Waals surface area contributed by atoms with Crippen LogP contribution in [0.5, 0.6) is 0 Å². The summed E-state index contributed by atoms with van der Waals surface area (Å²) in [6, 6.07) is 8.67. The fourth-order valence-corrected chi connectivity index (χ4v) is 3.03. The molecule has 0 aliphatic rings. The second-order valence-electron chi connectivity index (χ2n) is 5.18.